The molecule has 0 heterocycles. The van der Waals surface area contributed by atoms with Crippen molar-refractivity contribution >= 4 is 38.6 Å². The van der Waals surface area contributed by atoms with Crippen molar-refractivity contribution in [2.24, 2.45) is 0 Å². The number of anilines is 3. The second-order valence-electron chi connectivity index (χ2n) is 18.3. The molecule has 63 heavy (non-hydrogen) atoms. The fourth-order valence-electron chi connectivity index (χ4n) is 12.1. The van der Waals surface area contributed by atoms with Gasteiger partial charge in [0.05, 0.1) is 5.69 Å². The zero-order valence-electron chi connectivity index (χ0n) is 35.6. The Labute approximate surface area is 369 Å². The average Bonchev–Trinajstić information content (AvgIpc) is 3.95. The monoisotopic (exact) mass is 803 g/mol. The van der Waals surface area contributed by atoms with Gasteiger partial charge in [-0.25, -0.2) is 0 Å². The summed E-state index contributed by atoms with van der Waals surface area (Å²) in [6, 6.07) is 79.9. The van der Waals surface area contributed by atoms with Crippen molar-refractivity contribution < 1.29 is 0 Å². The number of hydrogen-bond acceptors (Lipinski definition) is 1. The molecule has 13 rings (SSSR count). The lowest BCUT2D eigenvalue weighted by atomic mass is 9.73. The van der Waals surface area contributed by atoms with Crippen LogP contribution in [0, 0.1) is 0 Å². The number of fused-ring (bicyclic) bond motifs is 13. The van der Waals surface area contributed by atoms with Crippen molar-refractivity contribution in [1.29, 1.82) is 0 Å². The molecule has 1 spiro atoms. The second kappa shape index (κ2) is 13.5. The molecule has 3 aliphatic rings. The summed E-state index contributed by atoms with van der Waals surface area (Å²) in [6.07, 6.45) is 2.14. The summed E-state index contributed by atoms with van der Waals surface area (Å²) in [4.78, 5) is 2.53. The van der Waals surface area contributed by atoms with Gasteiger partial charge in [-0.1, -0.05) is 196 Å². The van der Waals surface area contributed by atoms with Gasteiger partial charge in [0.1, 0.15) is 0 Å². The number of nitrogens with zero attached hydrogens (tertiary/aromatic N) is 1. The number of benzene rings is 10. The summed E-state index contributed by atoms with van der Waals surface area (Å²) in [7, 11) is 0. The molecule has 1 nitrogen and oxygen atoms in total. The Balaban J connectivity index is 1.03. The molecule has 0 aromatic heterocycles. The Morgan fingerprint density at radius 3 is 1.81 bits per heavy atom. The molecule has 0 aliphatic heterocycles. The third-order valence-electron chi connectivity index (χ3n) is 14.9. The molecule has 0 fully saturated rings. The molecule has 1 atom stereocenters. The van der Waals surface area contributed by atoms with Crippen LogP contribution >= 0.6 is 0 Å². The molecular weight excluding hydrogens is 759 g/mol. The van der Waals surface area contributed by atoms with Crippen molar-refractivity contribution in [2.75, 3.05) is 4.90 Å². The Hall–Kier alpha value is -7.48. The molecule has 1 heteroatoms. The van der Waals surface area contributed by atoms with Gasteiger partial charge in [-0.2, -0.15) is 0 Å². The zero-order chi connectivity index (χ0) is 41.9. The lowest BCUT2D eigenvalue weighted by molar-refractivity contribution is 0.626. The number of aryl methyl sites for hydroxylation is 1. The molecule has 0 radical (unpaired) electrons. The van der Waals surface area contributed by atoms with Gasteiger partial charge >= 0.3 is 0 Å². The Morgan fingerprint density at radius 2 is 0.968 bits per heavy atom. The smallest absolute Gasteiger partial charge is 0.0540 e. The highest BCUT2D eigenvalue weighted by Crippen LogP contribution is 2.60. The van der Waals surface area contributed by atoms with Crippen LogP contribution in [0.1, 0.15) is 53.6 Å². The Bertz CT molecular complexity index is 3500. The SMILES string of the molecule is CC1(C)c2ccccc2-c2cccc(-c3ccccc3N(c3ccc(-c4cccc5c4ccc4ccccc45)cc3)c3ccc4c(c3)C3(CCc5ccccc53)c3ccccc3-4)c21. The highest BCUT2D eigenvalue weighted by molar-refractivity contribution is 6.12. The fourth-order valence-corrected chi connectivity index (χ4v) is 12.1. The van der Waals surface area contributed by atoms with E-state index in [-0.39, 0.29) is 10.8 Å². The fraction of sp³-hybridized carbons (Fsp3) is 0.0968. The van der Waals surface area contributed by atoms with Crippen molar-refractivity contribution in [1.82, 2.24) is 0 Å². The highest BCUT2D eigenvalue weighted by Gasteiger charge is 2.48. The minimum atomic E-state index is -0.192. The molecule has 1 unspecified atom stereocenters. The van der Waals surface area contributed by atoms with Gasteiger partial charge in [-0.3, -0.25) is 0 Å². The summed E-state index contributed by atoms with van der Waals surface area (Å²) in [6.45, 7) is 4.79. The maximum Gasteiger partial charge on any atom is 0.0540 e. The van der Waals surface area contributed by atoms with E-state index in [1.807, 2.05) is 0 Å². The number of rotatable bonds is 5. The van der Waals surface area contributed by atoms with Gasteiger partial charge in [0.2, 0.25) is 0 Å². The topological polar surface area (TPSA) is 3.24 Å². The van der Waals surface area contributed by atoms with Gasteiger partial charge in [-0.05, 0) is 137 Å². The summed E-state index contributed by atoms with van der Waals surface area (Å²) >= 11 is 0. The van der Waals surface area contributed by atoms with Crippen LogP contribution < -0.4 is 4.90 Å². The zero-order valence-corrected chi connectivity index (χ0v) is 35.6. The lowest BCUT2D eigenvalue weighted by Gasteiger charge is -2.32. The molecule has 298 valence electrons. The van der Waals surface area contributed by atoms with E-state index in [1.165, 1.54) is 105 Å². The average molecular weight is 804 g/mol. The molecule has 3 aliphatic carbocycles. The summed E-state index contributed by atoms with van der Waals surface area (Å²) in [5, 5.41) is 5.11. The lowest BCUT2D eigenvalue weighted by Crippen LogP contribution is -2.24. The Morgan fingerprint density at radius 1 is 0.381 bits per heavy atom. The van der Waals surface area contributed by atoms with E-state index in [4.69, 9.17) is 0 Å². The molecule has 0 bridgehead atoms. The third-order valence-corrected chi connectivity index (χ3v) is 14.9. The molecule has 0 N–H and O–H groups in total. The molecule has 0 saturated heterocycles. The van der Waals surface area contributed by atoms with E-state index in [9.17, 15) is 0 Å². The normalized spacial score (nSPS) is 16.2. The van der Waals surface area contributed by atoms with Crippen molar-refractivity contribution in [2.45, 2.75) is 37.5 Å². The van der Waals surface area contributed by atoms with E-state index in [2.05, 4.69) is 231 Å². The van der Waals surface area contributed by atoms with Crippen LogP contribution in [-0.2, 0) is 17.3 Å². The standard InChI is InChI=1S/C62H45N/c1-61(2)56-26-10-6-19-50(56)53-23-14-24-54(60(53)61)52-20-8-12-28-59(52)63(43-32-29-41(30-33-43)46-21-13-22-47-45-17-5-3-15-40(45)31-35-48(46)47)44-34-36-51-49-18-7-11-27-57(49)62(58(51)39-44)38-37-42-16-4-9-25-55(42)62/h3-36,39H,37-38H2,1-2H3. The van der Waals surface area contributed by atoms with Crippen molar-refractivity contribution in [3.05, 3.63) is 246 Å². The third kappa shape index (κ3) is 5.11. The van der Waals surface area contributed by atoms with Gasteiger partial charge < -0.3 is 4.90 Å². The van der Waals surface area contributed by atoms with Crippen molar-refractivity contribution in [3.8, 4) is 44.5 Å². The first-order valence-electron chi connectivity index (χ1n) is 22.5. The molecule has 0 saturated carbocycles. The first kappa shape index (κ1) is 36.2. The first-order valence-corrected chi connectivity index (χ1v) is 22.5. The van der Waals surface area contributed by atoms with Crippen LogP contribution in [0.15, 0.2) is 212 Å². The number of para-hydroxylation sites is 1. The number of hydrogen-bond donors (Lipinski definition) is 0. The van der Waals surface area contributed by atoms with Crippen molar-refractivity contribution in [3.63, 3.8) is 0 Å². The maximum absolute atomic E-state index is 2.53. The summed E-state index contributed by atoms with van der Waals surface area (Å²) in [5.41, 5.74) is 22.0. The molecular formula is C62H45N. The van der Waals surface area contributed by atoms with Crippen LogP contribution in [-0.4, -0.2) is 0 Å². The highest BCUT2D eigenvalue weighted by atomic mass is 15.1. The predicted octanol–water partition coefficient (Wildman–Crippen LogP) is 16.4. The van der Waals surface area contributed by atoms with Crippen LogP contribution in [0.2, 0.25) is 0 Å². The van der Waals surface area contributed by atoms with Crippen LogP contribution in [0.3, 0.4) is 0 Å². The van der Waals surface area contributed by atoms with Gasteiger partial charge in [0, 0.05) is 27.8 Å². The first-order chi connectivity index (χ1) is 31.0. The van der Waals surface area contributed by atoms with Crippen LogP contribution in [0.4, 0.5) is 17.1 Å². The molecule has 10 aromatic carbocycles. The quantitative estimate of drug-likeness (QED) is 0.157. The van der Waals surface area contributed by atoms with Crippen LogP contribution in [0.5, 0.6) is 0 Å². The van der Waals surface area contributed by atoms with Gasteiger partial charge in [0.25, 0.3) is 0 Å². The van der Waals surface area contributed by atoms with Crippen LogP contribution in [0.25, 0.3) is 66.1 Å². The van der Waals surface area contributed by atoms with E-state index < -0.39 is 0 Å². The van der Waals surface area contributed by atoms with E-state index in [1.54, 1.807) is 0 Å². The van der Waals surface area contributed by atoms with Gasteiger partial charge in [-0.15, -0.1) is 0 Å². The minimum absolute atomic E-state index is 0.159. The molecule has 0 amide bonds. The largest absolute Gasteiger partial charge is 0.310 e. The van der Waals surface area contributed by atoms with E-state index in [0.29, 0.717) is 0 Å². The minimum Gasteiger partial charge on any atom is -0.310 e. The maximum atomic E-state index is 2.53. The molecule has 10 aromatic rings. The van der Waals surface area contributed by atoms with E-state index in [0.717, 1.165) is 24.2 Å². The Kier molecular flexibility index (Phi) is 7.76. The van der Waals surface area contributed by atoms with E-state index >= 15 is 0 Å². The summed E-state index contributed by atoms with van der Waals surface area (Å²) < 4.78 is 0. The summed E-state index contributed by atoms with van der Waals surface area (Å²) in [5.74, 6) is 0. The second-order valence-corrected chi connectivity index (χ2v) is 18.3. The van der Waals surface area contributed by atoms with Gasteiger partial charge in [0.15, 0.2) is 0 Å². The predicted molar refractivity (Wildman–Crippen MR) is 265 cm³/mol.